The molecule has 6 nitrogen and oxygen atoms in total. The molecule has 1 aromatic heterocycles. The second kappa shape index (κ2) is 7.15. The number of pyridine rings is 1. The number of nitro groups is 1. The van der Waals surface area contributed by atoms with Crippen molar-refractivity contribution in [2.75, 3.05) is 5.43 Å². The molecule has 6 heteroatoms. The summed E-state index contributed by atoms with van der Waals surface area (Å²) in [4.78, 5) is 14.3. The number of anilines is 1. The zero-order valence-corrected chi connectivity index (χ0v) is 12.7. The molecule has 118 valence electrons. The largest absolute Gasteiger partial charge is 0.287 e. The molecule has 0 aliphatic heterocycles. The first kappa shape index (κ1) is 15.4. The highest BCUT2D eigenvalue weighted by molar-refractivity contribution is 5.81. The predicted molar refractivity (Wildman–Crippen MR) is 94.0 cm³/mol. The van der Waals surface area contributed by atoms with Crippen LogP contribution in [0.4, 0.5) is 11.4 Å². The highest BCUT2D eigenvalue weighted by Crippen LogP contribution is 2.19. The number of benzene rings is 2. The summed E-state index contributed by atoms with van der Waals surface area (Å²) in [5.74, 6) is 0. The van der Waals surface area contributed by atoms with Gasteiger partial charge in [-0.3, -0.25) is 15.5 Å². The maximum atomic E-state index is 10.6. The Kier molecular flexibility index (Phi) is 4.57. The van der Waals surface area contributed by atoms with Crippen LogP contribution >= 0.6 is 0 Å². The van der Waals surface area contributed by atoms with E-state index in [1.165, 1.54) is 12.3 Å². The third-order valence-corrected chi connectivity index (χ3v) is 3.35. The third-order valence-electron chi connectivity index (χ3n) is 3.35. The van der Waals surface area contributed by atoms with Gasteiger partial charge in [-0.15, -0.1) is 0 Å². The Bertz CT molecular complexity index is 844. The fourth-order valence-electron chi connectivity index (χ4n) is 2.10. The van der Waals surface area contributed by atoms with Crippen LogP contribution in [0.2, 0.25) is 0 Å². The molecule has 0 amide bonds. The maximum Gasteiger partial charge on any atom is 0.287 e. The summed E-state index contributed by atoms with van der Waals surface area (Å²) >= 11 is 0. The van der Waals surface area contributed by atoms with Gasteiger partial charge in [0.2, 0.25) is 0 Å². The van der Waals surface area contributed by atoms with Gasteiger partial charge in [0.25, 0.3) is 5.69 Å². The third kappa shape index (κ3) is 3.80. The van der Waals surface area contributed by atoms with Crippen molar-refractivity contribution in [2.24, 2.45) is 5.10 Å². The van der Waals surface area contributed by atoms with E-state index in [-0.39, 0.29) is 5.69 Å². The second-order valence-electron chi connectivity index (χ2n) is 5.02. The van der Waals surface area contributed by atoms with Crippen molar-refractivity contribution in [3.8, 4) is 11.3 Å². The van der Waals surface area contributed by atoms with Gasteiger partial charge in [-0.2, -0.15) is 5.10 Å². The zero-order chi connectivity index (χ0) is 16.8. The number of nitrogens with zero attached hydrogens (tertiary/aromatic N) is 3. The van der Waals surface area contributed by atoms with E-state index in [1.807, 2.05) is 54.6 Å². The quantitative estimate of drug-likeness (QED) is 0.436. The number of hydrogen-bond donors (Lipinski definition) is 1. The summed E-state index contributed by atoms with van der Waals surface area (Å²) in [7, 11) is 0. The first-order valence-corrected chi connectivity index (χ1v) is 7.27. The first-order valence-electron chi connectivity index (χ1n) is 7.27. The highest BCUT2D eigenvalue weighted by Gasteiger charge is 2.06. The topological polar surface area (TPSA) is 80.4 Å². The second-order valence-corrected chi connectivity index (χ2v) is 5.02. The number of hydrazone groups is 1. The molecule has 1 heterocycles. The summed E-state index contributed by atoms with van der Waals surface area (Å²) in [5.41, 5.74) is 6.36. The van der Waals surface area contributed by atoms with Gasteiger partial charge in [-0.25, -0.2) is 4.98 Å². The minimum Gasteiger partial charge on any atom is -0.279 e. The van der Waals surface area contributed by atoms with Crippen LogP contribution in [0.15, 0.2) is 78.0 Å². The molecule has 3 rings (SSSR count). The van der Waals surface area contributed by atoms with Crippen LogP contribution in [-0.2, 0) is 0 Å². The van der Waals surface area contributed by atoms with Crippen molar-refractivity contribution in [1.29, 1.82) is 0 Å². The Morgan fingerprint density at radius 2 is 1.75 bits per heavy atom. The maximum absolute atomic E-state index is 10.6. The minimum absolute atomic E-state index is 0.0190. The number of nitrogens with one attached hydrogen (secondary N) is 1. The summed E-state index contributed by atoms with van der Waals surface area (Å²) in [5, 5.41) is 14.8. The number of hydrogen-bond acceptors (Lipinski definition) is 5. The van der Waals surface area contributed by atoms with Crippen molar-refractivity contribution in [1.82, 2.24) is 4.98 Å². The number of para-hydroxylation sites is 1. The standard InChI is InChI=1S/C18H14N4O2/c23-22(24)17-10-11-18(19-13-17)15-8-6-14(7-9-15)12-20-21-16-4-2-1-3-5-16/h1-13,21H. The highest BCUT2D eigenvalue weighted by atomic mass is 16.6. The van der Waals surface area contributed by atoms with E-state index in [1.54, 1.807) is 12.3 Å². The van der Waals surface area contributed by atoms with E-state index in [2.05, 4.69) is 15.5 Å². The van der Waals surface area contributed by atoms with Crippen molar-refractivity contribution in [3.05, 3.63) is 88.6 Å². The SMILES string of the molecule is O=[N+]([O-])c1ccc(-c2ccc(C=NNc3ccccc3)cc2)nc1. The van der Waals surface area contributed by atoms with Crippen molar-refractivity contribution >= 4 is 17.6 Å². The van der Waals surface area contributed by atoms with Gasteiger partial charge in [-0.05, 0) is 23.8 Å². The summed E-state index contributed by atoms with van der Waals surface area (Å²) in [6.45, 7) is 0. The van der Waals surface area contributed by atoms with Crippen LogP contribution in [0.3, 0.4) is 0 Å². The molecule has 0 aliphatic carbocycles. The summed E-state index contributed by atoms with van der Waals surface area (Å²) in [6, 6.07) is 20.4. The van der Waals surface area contributed by atoms with Gasteiger partial charge in [0.05, 0.1) is 22.5 Å². The average molecular weight is 318 g/mol. The molecule has 0 fully saturated rings. The van der Waals surface area contributed by atoms with Crippen LogP contribution in [-0.4, -0.2) is 16.1 Å². The molecule has 24 heavy (non-hydrogen) atoms. The molecule has 0 aliphatic rings. The Morgan fingerprint density at radius 1 is 1.00 bits per heavy atom. The van der Waals surface area contributed by atoms with Gasteiger partial charge in [0.15, 0.2) is 0 Å². The molecular formula is C18H14N4O2. The van der Waals surface area contributed by atoms with E-state index >= 15 is 0 Å². The molecule has 0 bridgehead atoms. The molecule has 0 saturated carbocycles. The Labute approximate surface area is 138 Å². The van der Waals surface area contributed by atoms with E-state index < -0.39 is 4.92 Å². The predicted octanol–water partition coefficient (Wildman–Crippen LogP) is 4.10. The van der Waals surface area contributed by atoms with E-state index in [0.717, 1.165) is 16.8 Å². The molecule has 0 saturated heterocycles. The normalized spacial score (nSPS) is 10.7. The van der Waals surface area contributed by atoms with Crippen LogP contribution < -0.4 is 5.43 Å². The van der Waals surface area contributed by atoms with Gasteiger partial charge in [0, 0.05) is 11.6 Å². The van der Waals surface area contributed by atoms with Crippen molar-refractivity contribution in [2.45, 2.75) is 0 Å². The van der Waals surface area contributed by atoms with Gasteiger partial charge in [0.1, 0.15) is 6.20 Å². The molecule has 0 unspecified atom stereocenters. The lowest BCUT2D eigenvalue weighted by atomic mass is 10.1. The number of aromatic nitrogens is 1. The smallest absolute Gasteiger partial charge is 0.279 e. The molecule has 2 aromatic carbocycles. The molecular weight excluding hydrogens is 304 g/mol. The lowest BCUT2D eigenvalue weighted by Gasteiger charge is -2.02. The van der Waals surface area contributed by atoms with E-state index in [0.29, 0.717) is 5.69 Å². The van der Waals surface area contributed by atoms with E-state index in [4.69, 9.17) is 0 Å². The Morgan fingerprint density at radius 3 is 2.38 bits per heavy atom. The van der Waals surface area contributed by atoms with Crippen LogP contribution in [0.1, 0.15) is 5.56 Å². The van der Waals surface area contributed by atoms with Crippen molar-refractivity contribution in [3.63, 3.8) is 0 Å². The lowest BCUT2D eigenvalue weighted by Crippen LogP contribution is -1.91. The summed E-state index contributed by atoms with van der Waals surface area (Å²) < 4.78 is 0. The van der Waals surface area contributed by atoms with Gasteiger partial charge < -0.3 is 0 Å². The monoisotopic (exact) mass is 318 g/mol. The van der Waals surface area contributed by atoms with Gasteiger partial charge >= 0.3 is 0 Å². The molecule has 3 aromatic rings. The van der Waals surface area contributed by atoms with Crippen molar-refractivity contribution < 1.29 is 4.92 Å². The molecule has 0 spiro atoms. The molecule has 0 atom stereocenters. The molecule has 1 N–H and O–H groups in total. The Balaban J connectivity index is 1.67. The van der Waals surface area contributed by atoms with Gasteiger partial charge in [-0.1, -0.05) is 42.5 Å². The minimum atomic E-state index is -0.462. The van der Waals surface area contributed by atoms with Crippen LogP contribution in [0, 0.1) is 10.1 Å². The zero-order valence-electron chi connectivity index (χ0n) is 12.7. The molecule has 0 radical (unpaired) electrons. The van der Waals surface area contributed by atoms with Crippen LogP contribution in [0.5, 0.6) is 0 Å². The number of rotatable bonds is 5. The first-order chi connectivity index (χ1) is 11.7. The lowest BCUT2D eigenvalue weighted by molar-refractivity contribution is -0.385. The average Bonchev–Trinajstić information content (AvgIpc) is 2.63. The fourth-order valence-corrected chi connectivity index (χ4v) is 2.10. The summed E-state index contributed by atoms with van der Waals surface area (Å²) in [6.07, 6.45) is 2.98. The Hall–Kier alpha value is -3.54. The fraction of sp³-hybridized carbons (Fsp3) is 0. The van der Waals surface area contributed by atoms with Crippen LogP contribution in [0.25, 0.3) is 11.3 Å². The van der Waals surface area contributed by atoms with E-state index in [9.17, 15) is 10.1 Å².